The van der Waals surface area contributed by atoms with E-state index < -0.39 is 28.7 Å². The summed E-state index contributed by atoms with van der Waals surface area (Å²) in [7, 11) is 0. The van der Waals surface area contributed by atoms with Crippen molar-refractivity contribution in [1.29, 1.82) is 0 Å². The van der Waals surface area contributed by atoms with Crippen LogP contribution in [-0.2, 0) is 0 Å². The van der Waals surface area contributed by atoms with Crippen LogP contribution in [0.4, 0.5) is 0 Å². The number of hydrogen-bond donors (Lipinski definition) is 6. The molecule has 0 fully saturated rings. The Morgan fingerprint density at radius 1 is 0.812 bits per heavy atom. The Morgan fingerprint density at radius 3 is 1.25 bits per heavy atom. The summed E-state index contributed by atoms with van der Waals surface area (Å²) in [6.45, 7) is 5.92. The van der Waals surface area contributed by atoms with Crippen molar-refractivity contribution in [3.63, 3.8) is 0 Å². The zero-order chi connectivity index (χ0) is 13.0. The van der Waals surface area contributed by atoms with Gasteiger partial charge in [0.2, 0.25) is 17.2 Å². The van der Waals surface area contributed by atoms with Crippen LogP contribution in [0.25, 0.3) is 0 Å². The lowest BCUT2D eigenvalue weighted by molar-refractivity contribution is 0.325. The second-order valence-electron chi connectivity index (χ2n) is 3.10. The van der Waals surface area contributed by atoms with E-state index in [-0.39, 0.29) is 11.3 Å². The Morgan fingerprint density at radius 2 is 1.00 bits per heavy atom. The van der Waals surface area contributed by atoms with Crippen LogP contribution in [0.3, 0.4) is 0 Å². The van der Waals surface area contributed by atoms with Crippen molar-refractivity contribution in [3.8, 4) is 28.7 Å². The molecule has 0 bridgehead atoms. The van der Waals surface area contributed by atoms with Gasteiger partial charge in [0.25, 0.3) is 0 Å². The summed E-state index contributed by atoms with van der Waals surface area (Å²) in [4.78, 5) is 0. The van der Waals surface area contributed by atoms with Gasteiger partial charge >= 0.3 is 0 Å². The first-order chi connectivity index (χ1) is 7.20. The number of aromatic hydroxyl groups is 5. The highest BCUT2D eigenvalue weighted by molar-refractivity contribution is 5.66. The number of aliphatic hydroxyl groups is 1. The predicted molar refractivity (Wildman–Crippen MR) is 56.9 cm³/mol. The highest BCUT2D eigenvalue weighted by atomic mass is 16.4. The summed E-state index contributed by atoms with van der Waals surface area (Å²) >= 11 is 0. The molecule has 90 valence electrons. The van der Waals surface area contributed by atoms with Crippen molar-refractivity contribution in [3.05, 3.63) is 17.9 Å². The lowest BCUT2D eigenvalue weighted by Gasteiger charge is -2.08. The third kappa shape index (κ3) is 2.88. The highest BCUT2D eigenvalue weighted by Gasteiger charge is 2.19. The molecule has 0 saturated heterocycles. The molecule has 0 aliphatic heterocycles. The first-order valence-corrected chi connectivity index (χ1v) is 4.20. The number of hydrogen-bond acceptors (Lipinski definition) is 6. The molecule has 6 heteroatoms. The molecule has 0 amide bonds. The van der Waals surface area contributed by atoms with Crippen LogP contribution in [0.15, 0.2) is 12.3 Å². The van der Waals surface area contributed by atoms with Crippen LogP contribution in [-0.4, -0.2) is 30.6 Å². The molecule has 0 spiro atoms. The second-order valence-corrected chi connectivity index (χ2v) is 3.10. The number of rotatable bonds is 0. The topological polar surface area (TPSA) is 121 Å². The van der Waals surface area contributed by atoms with Gasteiger partial charge in [-0.25, -0.2) is 0 Å². The molecule has 0 aliphatic carbocycles. The molecule has 1 aromatic rings. The molecule has 0 radical (unpaired) electrons. The summed E-state index contributed by atoms with van der Waals surface area (Å²) in [6, 6.07) is 0. The van der Waals surface area contributed by atoms with E-state index in [0.29, 0.717) is 0 Å². The lowest BCUT2D eigenvalue weighted by Crippen LogP contribution is -1.80. The molecule has 0 unspecified atom stereocenters. The van der Waals surface area contributed by atoms with Gasteiger partial charge in [0.05, 0.1) is 5.76 Å². The Balaban J connectivity index is 0.000000487. The van der Waals surface area contributed by atoms with E-state index in [2.05, 4.69) is 6.58 Å². The van der Waals surface area contributed by atoms with Gasteiger partial charge in [-0.2, -0.15) is 0 Å². The largest absolute Gasteiger partial charge is 0.513 e. The Kier molecular flexibility index (Phi) is 4.31. The van der Waals surface area contributed by atoms with Gasteiger partial charge in [0.1, 0.15) is 0 Å². The number of benzene rings is 1. The van der Waals surface area contributed by atoms with Gasteiger partial charge < -0.3 is 30.6 Å². The van der Waals surface area contributed by atoms with Crippen molar-refractivity contribution in [2.24, 2.45) is 0 Å². The van der Waals surface area contributed by atoms with Crippen LogP contribution in [0.2, 0.25) is 0 Å². The number of aliphatic hydroxyl groups excluding tert-OH is 1. The van der Waals surface area contributed by atoms with Crippen LogP contribution < -0.4 is 0 Å². The second kappa shape index (κ2) is 5.01. The third-order valence-corrected chi connectivity index (χ3v) is 1.61. The van der Waals surface area contributed by atoms with Crippen molar-refractivity contribution >= 4 is 0 Å². The third-order valence-electron chi connectivity index (χ3n) is 1.61. The molecular weight excluding hydrogens is 216 g/mol. The number of allylic oxidation sites excluding steroid dienone is 1. The van der Waals surface area contributed by atoms with E-state index in [1.165, 1.54) is 13.8 Å². The lowest BCUT2D eigenvalue weighted by atomic mass is 10.1. The SMILES string of the molecule is C=C(C)O.Cc1c(O)c(O)c(O)c(O)c1O. The standard InChI is InChI=1S/C7H8O5.C3H6O/c1-2-3(8)5(10)7(12)6(11)4(2)9;1-3(2)4/h8-12H,1H3;4H,1H2,2H3. The minimum Gasteiger partial charge on any atom is -0.513 e. The summed E-state index contributed by atoms with van der Waals surface area (Å²) in [5.74, 6) is -3.76. The fourth-order valence-corrected chi connectivity index (χ4v) is 0.804. The van der Waals surface area contributed by atoms with Crippen LogP contribution >= 0.6 is 0 Å². The van der Waals surface area contributed by atoms with Gasteiger partial charge in [-0.05, 0) is 13.8 Å². The molecule has 6 nitrogen and oxygen atoms in total. The average Bonchev–Trinajstić information content (AvgIpc) is 2.20. The summed E-state index contributed by atoms with van der Waals surface area (Å²) in [5.41, 5.74) is -0.0946. The predicted octanol–water partition coefficient (Wildman–Crippen LogP) is 1.60. The molecule has 0 aliphatic rings. The average molecular weight is 230 g/mol. The van der Waals surface area contributed by atoms with Crippen molar-refractivity contribution < 1.29 is 30.6 Å². The van der Waals surface area contributed by atoms with Gasteiger partial charge in [0.15, 0.2) is 11.5 Å². The molecule has 1 rings (SSSR count). The summed E-state index contributed by atoms with van der Waals surface area (Å²) < 4.78 is 0. The fourth-order valence-electron chi connectivity index (χ4n) is 0.804. The molecule has 0 aromatic heterocycles. The summed E-state index contributed by atoms with van der Waals surface area (Å²) in [6.07, 6.45) is 0. The molecular formula is C10H14O6. The first kappa shape index (κ1) is 13.8. The van der Waals surface area contributed by atoms with E-state index in [1.807, 2.05) is 0 Å². The van der Waals surface area contributed by atoms with Gasteiger partial charge in [-0.15, -0.1) is 0 Å². The normalized spacial score (nSPS) is 9.12. The Bertz CT molecular complexity index is 301. The van der Waals surface area contributed by atoms with Crippen LogP contribution in [0.5, 0.6) is 28.7 Å². The zero-order valence-electron chi connectivity index (χ0n) is 8.89. The van der Waals surface area contributed by atoms with Crippen molar-refractivity contribution in [2.45, 2.75) is 13.8 Å². The van der Waals surface area contributed by atoms with Gasteiger partial charge in [-0.1, -0.05) is 6.58 Å². The van der Waals surface area contributed by atoms with E-state index in [9.17, 15) is 0 Å². The molecule has 16 heavy (non-hydrogen) atoms. The number of phenolic OH excluding ortho intramolecular Hbond substituents is 5. The van der Waals surface area contributed by atoms with Crippen LogP contribution in [0, 0.1) is 6.92 Å². The molecule has 1 aromatic carbocycles. The minimum absolute atomic E-state index is 0.0946. The quantitative estimate of drug-likeness (QED) is 0.229. The molecule has 0 heterocycles. The monoisotopic (exact) mass is 230 g/mol. The van der Waals surface area contributed by atoms with Gasteiger partial charge in [-0.3, -0.25) is 0 Å². The molecule has 0 saturated carbocycles. The zero-order valence-corrected chi connectivity index (χ0v) is 8.89. The maximum absolute atomic E-state index is 9.01. The maximum atomic E-state index is 9.01. The van der Waals surface area contributed by atoms with Crippen LogP contribution in [0.1, 0.15) is 12.5 Å². The minimum atomic E-state index is -0.935. The molecule has 6 N–H and O–H groups in total. The smallest absolute Gasteiger partial charge is 0.208 e. The van der Waals surface area contributed by atoms with E-state index in [4.69, 9.17) is 30.6 Å². The van der Waals surface area contributed by atoms with Gasteiger partial charge in [0, 0.05) is 5.56 Å². The number of phenols is 5. The van der Waals surface area contributed by atoms with E-state index in [0.717, 1.165) is 0 Å². The van der Waals surface area contributed by atoms with Crippen molar-refractivity contribution in [2.75, 3.05) is 0 Å². The first-order valence-electron chi connectivity index (χ1n) is 4.20. The fraction of sp³-hybridized carbons (Fsp3) is 0.200. The Hall–Kier alpha value is -2.24. The highest BCUT2D eigenvalue weighted by Crippen LogP contribution is 2.50. The maximum Gasteiger partial charge on any atom is 0.208 e. The van der Waals surface area contributed by atoms with E-state index >= 15 is 0 Å². The Labute approximate surface area is 92.0 Å². The van der Waals surface area contributed by atoms with Crippen molar-refractivity contribution in [1.82, 2.24) is 0 Å². The van der Waals surface area contributed by atoms with E-state index in [1.54, 1.807) is 0 Å². The summed E-state index contributed by atoms with van der Waals surface area (Å²) in [5, 5.41) is 52.6. The molecule has 0 atom stereocenters.